The van der Waals surface area contributed by atoms with Gasteiger partial charge in [0.25, 0.3) is 0 Å². The highest BCUT2D eigenvalue weighted by atomic mass is 32.2. The van der Waals surface area contributed by atoms with E-state index in [1.54, 1.807) is 0 Å². The minimum atomic E-state index is -3.47. The summed E-state index contributed by atoms with van der Waals surface area (Å²) < 4.78 is 28.6. The van der Waals surface area contributed by atoms with Crippen molar-refractivity contribution < 1.29 is 27.5 Å². The van der Waals surface area contributed by atoms with E-state index in [0.29, 0.717) is 5.76 Å². The third-order valence-corrected chi connectivity index (χ3v) is 5.15. The van der Waals surface area contributed by atoms with Gasteiger partial charge in [0.15, 0.2) is 9.84 Å². The maximum atomic E-state index is 11.9. The zero-order chi connectivity index (χ0) is 16.4. The van der Waals surface area contributed by atoms with Gasteiger partial charge >= 0.3 is 5.97 Å². The fraction of sp³-hybridized carbons (Fsp3) is 0.538. The second-order valence-corrected chi connectivity index (χ2v) is 7.65. The zero-order valence-corrected chi connectivity index (χ0v) is 13.2. The lowest BCUT2D eigenvalue weighted by Crippen LogP contribution is -2.34. The van der Waals surface area contributed by atoms with E-state index in [0.717, 1.165) is 0 Å². The van der Waals surface area contributed by atoms with Crippen molar-refractivity contribution in [2.24, 2.45) is 0 Å². The first-order chi connectivity index (χ1) is 9.54. The number of carboxylic acids is 1. The number of nitrogens with zero attached hydrogens (tertiary/aromatic N) is 1. The number of rotatable bonds is 6. The normalized spacial score (nSPS) is 11.7. The number of carboxylic acid groups (broad SMARTS) is 1. The van der Waals surface area contributed by atoms with Gasteiger partial charge in [-0.2, -0.15) is 0 Å². The Hall–Kier alpha value is -1.83. The number of sulfone groups is 1. The van der Waals surface area contributed by atoms with Crippen molar-refractivity contribution in [1.82, 2.24) is 4.90 Å². The summed E-state index contributed by atoms with van der Waals surface area (Å²) in [4.78, 5) is 24.0. The highest BCUT2D eigenvalue weighted by molar-refractivity contribution is 7.92. The zero-order valence-electron chi connectivity index (χ0n) is 12.4. The van der Waals surface area contributed by atoms with Gasteiger partial charge < -0.3 is 14.4 Å². The summed E-state index contributed by atoms with van der Waals surface area (Å²) in [6, 6.07) is 1.33. The van der Waals surface area contributed by atoms with E-state index in [9.17, 15) is 18.0 Å². The van der Waals surface area contributed by atoms with Gasteiger partial charge in [-0.25, -0.2) is 13.2 Å². The molecular weight excluding hydrogens is 298 g/mol. The van der Waals surface area contributed by atoms with Gasteiger partial charge in [0.05, 0.1) is 11.8 Å². The molecule has 1 N–H and O–H groups in total. The van der Waals surface area contributed by atoms with Crippen molar-refractivity contribution in [3.8, 4) is 0 Å². The molecule has 21 heavy (non-hydrogen) atoms. The van der Waals surface area contributed by atoms with E-state index in [-0.39, 0.29) is 17.9 Å². The molecule has 0 aromatic carbocycles. The molecule has 0 atom stereocenters. The van der Waals surface area contributed by atoms with Gasteiger partial charge in [0.1, 0.15) is 22.8 Å². The van der Waals surface area contributed by atoms with Gasteiger partial charge in [0.2, 0.25) is 5.91 Å². The quantitative estimate of drug-likeness (QED) is 0.841. The predicted octanol–water partition coefficient (Wildman–Crippen LogP) is 1.07. The second kappa shape index (κ2) is 6.30. The molecule has 1 aromatic heterocycles. The third-order valence-electron chi connectivity index (χ3n) is 3.06. The molecule has 1 rings (SSSR count). The Balaban J connectivity index is 2.77. The van der Waals surface area contributed by atoms with E-state index in [2.05, 4.69) is 0 Å². The van der Waals surface area contributed by atoms with Crippen molar-refractivity contribution in [1.29, 1.82) is 0 Å². The maximum Gasteiger partial charge on any atom is 0.339 e. The Kier molecular flexibility index (Phi) is 5.16. The SMILES string of the molecule is Cc1oc(CN(C)C(=O)CS(=O)(=O)C(C)C)cc1C(=O)O. The van der Waals surface area contributed by atoms with E-state index in [1.807, 2.05) is 0 Å². The Bertz CT molecular complexity index is 644. The molecule has 0 unspecified atom stereocenters. The predicted molar refractivity (Wildman–Crippen MR) is 75.8 cm³/mol. The van der Waals surface area contributed by atoms with Crippen LogP contribution in [0.4, 0.5) is 0 Å². The first kappa shape index (κ1) is 17.2. The molecule has 0 spiro atoms. The molecule has 1 heterocycles. The minimum absolute atomic E-state index is 0.0145. The lowest BCUT2D eigenvalue weighted by Gasteiger charge is -2.16. The van der Waals surface area contributed by atoms with Crippen molar-refractivity contribution in [3.05, 3.63) is 23.2 Å². The van der Waals surface area contributed by atoms with Gasteiger partial charge in [-0.1, -0.05) is 0 Å². The summed E-state index contributed by atoms with van der Waals surface area (Å²) in [5, 5.41) is 8.29. The number of hydrogen-bond acceptors (Lipinski definition) is 5. The fourth-order valence-electron chi connectivity index (χ4n) is 1.60. The van der Waals surface area contributed by atoms with E-state index >= 15 is 0 Å². The number of carbonyl (C=O) groups is 2. The molecule has 0 radical (unpaired) electrons. The molecular formula is C13H19NO6S. The fourth-order valence-corrected chi connectivity index (χ4v) is 2.50. The van der Waals surface area contributed by atoms with Gasteiger partial charge in [0, 0.05) is 7.05 Å². The topological polar surface area (TPSA) is 105 Å². The first-order valence-electron chi connectivity index (χ1n) is 6.32. The number of aromatic carboxylic acids is 1. The average molecular weight is 317 g/mol. The molecule has 0 bridgehead atoms. The van der Waals surface area contributed by atoms with Crippen LogP contribution >= 0.6 is 0 Å². The van der Waals surface area contributed by atoms with Crippen LogP contribution in [0.25, 0.3) is 0 Å². The van der Waals surface area contributed by atoms with Crippen molar-refractivity contribution in [2.45, 2.75) is 32.6 Å². The first-order valence-corrected chi connectivity index (χ1v) is 8.04. The van der Waals surface area contributed by atoms with Crippen LogP contribution in [0.1, 0.15) is 35.7 Å². The maximum absolute atomic E-state index is 11.9. The summed E-state index contributed by atoms with van der Waals surface area (Å²) in [5.74, 6) is -1.71. The highest BCUT2D eigenvalue weighted by Gasteiger charge is 2.24. The molecule has 1 aromatic rings. The lowest BCUT2D eigenvalue weighted by atomic mass is 10.2. The van der Waals surface area contributed by atoms with Crippen molar-refractivity contribution in [3.63, 3.8) is 0 Å². The summed E-state index contributed by atoms with van der Waals surface area (Å²) in [6.45, 7) is 4.55. The second-order valence-electron chi connectivity index (χ2n) is 5.09. The smallest absolute Gasteiger partial charge is 0.339 e. The van der Waals surface area contributed by atoms with Crippen LogP contribution in [-0.4, -0.2) is 48.4 Å². The summed E-state index contributed by atoms with van der Waals surface area (Å²) in [5.41, 5.74) is 0.0284. The van der Waals surface area contributed by atoms with E-state index in [4.69, 9.17) is 9.52 Å². The van der Waals surface area contributed by atoms with E-state index in [1.165, 1.54) is 38.8 Å². The number of carbonyl (C=O) groups excluding carboxylic acids is 1. The monoisotopic (exact) mass is 317 g/mol. The number of aryl methyl sites for hydroxylation is 1. The molecule has 8 heteroatoms. The molecule has 0 aliphatic heterocycles. The van der Waals surface area contributed by atoms with Crippen LogP contribution in [0.5, 0.6) is 0 Å². The Morgan fingerprint density at radius 2 is 1.95 bits per heavy atom. The van der Waals surface area contributed by atoms with Crippen molar-refractivity contribution >= 4 is 21.7 Å². The Morgan fingerprint density at radius 3 is 2.38 bits per heavy atom. The standard InChI is InChI=1S/C13H19NO6S/c1-8(2)21(18,19)7-12(15)14(4)6-10-5-11(13(16)17)9(3)20-10/h5,8H,6-7H2,1-4H3,(H,16,17). The molecule has 0 aliphatic rings. The van der Waals surface area contributed by atoms with Gasteiger partial charge in [-0.3, -0.25) is 4.79 Å². The number of hydrogen-bond donors (Lipinski definition) is 1. The summed E-state index contributed by atoms with van der Waals surface area (Å²) >= 11 is 0. The van der Waals surface area contributed by atoms with Gasteiger partial charge in [-0.05, 0) is 26.8 Å². The molecule has 0 saturated carbocycles. The molecule has 0 aliphatic carbocycles. The van der Waals surface area contributed by atoms with Gasteiger partial charge in [-0.15, -0.1) is 0 Å². The lowest BCUT2D eigenvalue weighted by molar-refractivity contribution is -0.127. The minimum Gasteiger partial charge on any atom is -0.478 e. The molecule has 0 saturated heterocycles. The Morgan fingerprint density at radius 1 is 1.38 bits per heavy atom. The average Bonchev–Trinajstić information content (AvgIpc) is 2.69. The van der Waals surface area contributed by atoms with Crippen LogP contribution in [0.2, 0.25) is 0 Å². The highest BCUT2D eigenvalue weighted by Crippen LogP contribution is 2.16. The van der Waals surface area contributed by atoms with Crippen LogP contribution in [-0.2, 0) is 21.2 Å². The molecule has 1 amide bonds. The molecule has 118 valence electrons. The molecule has 0 fully saturated rings. The third kappa shape index (κ3) is 4.32. The van der Waals surface area contributed by atoms with Crippen LogP contribution in [0, 0.1) is 6.92 Å². The van der Waals surface area contributed by atoms with Crippen LogP contribution in [0.15, 0.2) is 10.5 Å². The van der Waals surface area contributed by atoms with Crippen LogP contribution in [0.3, 0.4) is 0 Å². The molecule has 7 nitrogen and oxygen atoms in total. The summed E-state index contributed by atoms with van der Waals surface area (Å²) in [7, 11) is -2.03. The number of furan rings is 1. The Labute approximate surface area is 123 Å². The largest absolute Gasteiger partial charge is 0.478 e. The summed E-state index contributed by atoms with van der Waals surface area (Å²) in [6.07, 6.45) is 0. The van der Waals surface area contributed by atoms with E-state index < -0.39 is 32.7 Å². The number of amides is 1. The van der Waals surface area contributed by atoms with Crippen molar-refractivity contribution in [2.75, 3.05) is 12.8 Å². The van der Waals surface area contributed by atoms with Crippen LogP contribution < -0.4 is 0 Å².